The van der Waals surface area contributed by atoms with E-state index < -0.39 is 0 Å². The molecule has 0 radical (unpaired) electrons. The zero-order valence-electron chi connectivity index (χ0n) is 18.3. The molecule has 34 heavy (non-hydrogen) atoms. The molecule has 0 saturated carbocycles. The molecule has 11 heteroatoms. The van der Waals surface area contributed by atoms with Crippen LogP contribution in [-0.2, 0) is 20.9 Å². The van der Waals surface area contributed by atoms with Gasteiger partial charge in [0.25, 0.3) is 5.91 Å². The molecule has 0 aliphatic carbocycles. The molecule has 1 aliphatic rings. The highest BCUT2D eigenvalue weighted by molar-refractivity contribution is 7.13. The minimum absolute atomic E-state index is 0.0189. The van der Waals surface area contributed by atoms with Crippen molar-refractivity contribution < 1.29 is 14.3 Å². The standard InChI is InChI=1S/C23H23N7O3S/c31-21(25-13-18-6-3-9-33-18)14-29(17-11-16-5-1-2-7-19(16)24-12-17)22(32)15-30-27-23(26-28-30)20-8-4-10-34-20/h1-2,4-5,7-8,10-12,18H,3,6,9,13-15H2,(H,25,31)/t18-/m0/s1. The molecule has 4 heterocycles. The van der Waals surface area contributed by atoms with Crippen molar-refractivity contribution >= 4 is 39.7 Å². The number of ether oxygens (including phenoxy) is 1. The number of carbonyl (C=O) groups is 2. The largest absolute Gasteiger partial charge is 0.376 e. The maximum absolute atomic E-state index is 13.3. The molecule has 1 saturated heterocycles. The molecule has 5 rings (SSSR count). The summed E-state index contributed by atoms with van der Waals surface area (Å²) >= 11 is 1.49. The third-order valence-corrected chi connectivity index (χ3v) is 6.38. The van der Waals surface area contributed by atoms with Crippen molar-refractivity contribution in [2.24, 2.45) is 0 Å². The van der Waals surface area contributed by atoms with Crippen LogP contribution in [0, 0.1) is 0 Å². The SMILES string of the molecule is O=C(CN(C(=O)Cn1nnc(-c2cccs2)n1)c1cnc2ccccc2c1)NC[C@@H]1CCCO1. The lowest BCUT2D eigenvalue weighted by atomic mass is 10.2. The Labute approximate surface area is 199 Å². The van der Waals surface area contributed by atoms with Crippen LogP contribution in [-0.4, -0.2) is 62.8 Å². The summed E-state index contributed by atoms with van der Waals surface area (Å²) in [5.74, 6) is -0.168. The number of tetrazole rings is 1. The Kier molecular flexibility index (Phi) is 6.54. The molecule has 1 aromatic carbocycles. The second kappa shape index (κ2) is 10.1. The molecule has 1 N–H and O–H groups in total. The average Bonchev–Trinajstić information content (AvgIpc) is 3.63. The van der Waals surface area contributed by atoms with Gasteiger partial charge in [-0.25, -0.2) is 0 Å². The molecule has 1 aliphatic heterocycles. The van der Waals surface area contributed by atoms with Gasteiger partial charge in [-0.2, -0.15) is 4.80 Å². The van der Waals surface area contributed by atoms with Gasteiger partial charge >= 0.3 is 0 Å². The summed E-state index contributed by atoms with van der Waals surface area (Å²) in [5.41, 5.74) is 1.33. The molecule has 0 bridgehead atoms. The van der Waals surface area contributed by atoms with Gasteiger partial charge in [0.05, 0.1) is 28.4 Å². The number of benzene rings is 1. The molecule has 4 aromatic rings. The molecule has 0 unspecified atom stereocenters. The Bertz CT molecular complexity index is 1280. The van der Waals surface area contributed by atoms with Gasteiger partial charge in [-0.1, -0.05) is 24.3 Å². The zero-order chi connectivity index (χ0) is 23.3. The first kappa shape index (κ1) is 22.1. The van der Waals surface area contributed by atoms with Crippen LogP contribution in [0.5, 0.6) is 0 Å². The van der Waals surface area contributed by atoms with Crippen molar-refractivity contribution in [3.8, 4) is 10.7 Å². The fraction of sp³-hybridized carbons (Fsp3) is 0.304. The fourth-order valence-electron chi connectivity index (χ4n) is 3.78. The van der Waals surface area contributed by atoms with Crippen molar-refractivity contribution in [1.82, 2.24) is 30.5 Å². The van der Waals surface area contributed by atoms with Gasteiger partial charge in [0.15, 0.2) is 0 Å². The number of fused-ring (bicyclic) bond motifs is 1. The van der Waals surface area contributed by atoms with E-state index in [1.165, 1.54) is 21.0 Å². The number of hydrogen-bond acceptors (Lipinski definition) is 8. The minimum Gasteiger partial charge on any atom is -0.376 e. The van der Waals surface area contributed by atoms with Gasteiger partial charge in [-0.05, 0) is 41.6 Å². The van der Waals surface area contributed by atoms with E-state index in [4.69, 9.17) is 4.74 Å². The molecule has 3 aromatic heterocycles. The quantitative estimate of drug-likeness (QED) is 0.414. The molecular weight excluding hydrogens is 454 g/mol. The molecule has 174 valence electrons. The predicted octanol–water partition coefficient (Wildman–Crippen LogP) is 2.28. The van der Waals surface area contributed by atoms with Crippen molar-refractivity contribution in [2.45, 2.75) is 25.5 Å². The number of aromatic nitrogens is 5. The maximum atomic E-state index is 13.3. The van der Waals surface area contributed by atoms with Crippen LogP contribution in [0.3, 0.4) is 0 Å². The van der Waals surface area contributed by atoms with Crippen LogP contribution in [0.25, 0.3) is 21.6 Å². The third-order valence-electron chi connectivity index (χ3n) is 5.51. The lowest BCUT2D eigenvalue weighted by Gasteiger charge is -2.22. The highest BCUT2D eigenvalue weighted by Crippen LogP contribution is 2.21. The van der Waals surface area contributed by atoms with Gasteiger partial charge < -0.3 is 10.1 Å². The second-order valence-corrected chi connectivity index (χ2v) is 8.87. The fourth-order valence-corrected chi connectivity index (χ4v) is 4.43. The number of para-hydroxylation sites is 1. The first-order valence-electron chi connectivity index (χ1n) is 11.0. The molecule has 2 amide bonds. The van der Waals surface area contributed by atoms with Crippen molar-refractivity contribution in [2.75, 3.05) is 24.6 Å². The second-order valence-electron chi connectivity index (χ2n) is 7.93. The summed E-state index contributed by atoms with van der Waals surface area (Å²) in [6.07, 6.45) is 3.53. The lowest BCUT2D eigenvalue weighted by molar-refractivity contribution is -0.124. The topological polar surface area (TPSA) is 115 Å². The molecular formula is C23H23N7O3S. The molecule has 1 fully saturated rings. The smallest absolute Gasteiger partial charge is 0.251 e. The van der Waals surface area contributed by atoms with Gasteiger partial charge in [-0.15, -0.1) is 21.5 Å². The van der Waals surface area contributed by atoms with Crippen LogP contribution < -0.4 is 10.2 Å². The van der Waals surface area contributed by atoms with Crippen LogP contribution in [0.1, 0.15) is 12.8 Å². The van der Waals surface area contributed by atoms with E-state index in [0.29, 0.717) is 24.7 Å². The highest BCUT2D eigenvalue weighted by Gasteiger charge is 2.23. The Morgan fingerprint density at radius 3 is 2.97 bits per heavy atom. The number of amides is 2. The van der Waals surface area contributed by atoms with Crippen molar-refractivity contribution in [3.05, 3.63) is 54.0 Å². The van der Waals surface area contributed by atoms with E-state index >= 15 is 0 Å². The molecule has 1 atom stereocenters. The lowest BCUT2D eigenvalue weighted by Crippen LogP contribution is -2.44. The number of rotatable bonds is 8. The highest BCUT2D eigenvalue weighted by atomic mass is 32.1. The van der Waals surface area contributed by atoms with E-state index in [9.17, 15) is 9.59 Å². The van der Waals surface area contributed by atoms with Crippen molar-refractivity contribution in [3.63, 3.8) is 0 Å². The van der Waals surface area contributed by atoms with E-state index in [1.54, 1.807) is 6.20 Å². The summed E-state index contributed by atoms with van der Waals surface area (Å²) < 4.78 is 5.57. The van der Waals surface area contributed by atoms with E-state index in [2.05, 4.69) is 25.7 Å². The van der Waals surface area contributed by atoms with E-state index in [0.717, 1.165) is 28.6 Å². The van der Waals surface area contributed by atoms with Crippen LogP contribution in [0.2, 0.25) is 0 Å². The Morgan fingerprint density at radius 1 is 1.24 bits per heavy atom. The number of hydrogen-bond donors (Lipinski definition) is 1. The van der Waals surface area contributed by atoms with Gasteiger partial charge in [0.2, 0.25) is 11.7 Å². The Balaban J connectivity index is 1.34. The number of nitrogens with one attached hydrogen (secondary N) is 1. The normalized spacial score (nSPS) is 15.5. The number of thiophene rings is 1. The Hall–Kier alpha value is -3.70. The van der Waals surface area contributed by atoms with Crippen LogP contribution >= 0.6 is 11.3 Å². The number of nitrogens with zero attached hydrogens (tertiary/aromatic N) is 6. The van der Waals surface area contributed by atoms with Crippen LogP contribution in [0.15, 0.2) is 54.0 Å². The monoisotopic (exact) mass is 477 g/mol. The van der Waals surface area contributed by atoms with Gasteiger partial charge in [0.1, 0.15) is 13.1 Å². The summed E-state index contributed by atoms with van der Waals surface area (Å²) in [5, 5.41) is 18.0. The number of carbonyl (C=O) groups excluding carboxylic acids is 2. The van der Waals surface area contributed by atoms with Gasteiger partial charge in [-0.3, -0.25) is 19.5 Å². The molecule has 10 nitrogen and oxygen atoms in total. The third kappa shape index (κ3) is 5.10. The maximum Gasteiger partial charge on any atom is 0.251 e. The van der Waals surface area contributed by atoms with E-state index in [-0.39, 0.29) is 31.0 Å². The summed E-state index contributed by atoms with van der Waals surface area (Å²) in [7, 11) is 0. The summed E-state index contributed by atoms with van der Waals surface area (Å²) in [4.78, 5) is 34.0. The summed E-state index contributed by atoms with van der Waals surface area (Å²) in [6.45, 7) is 0.820. The predicted molar refractivity (Wildman–Crippen MR) is 127 cm³/mol. The summed E-state index contributed by atoms with van der Waals surface area (Å²) in [6, 6.07) is 13.2. The molecule has 0 spiro atoms. The zero-order valence-corrected chi connectivity index (χ0v) is 19.1. The van der Waals surface area contributed by atoms with Crippen molar-refractivity contribution in [1.29, 1.82) is 0 Å². The Morgan fingerprint density at radius 2 is 2.15 bits per heavy atom. The van der Waals surface area contributed by atoms with Crippen LogP contribution in [0.4, 0.5) is 5.69 Å². The van der Waals surface area contributed by atoms with E-state index in [1.807, 2.05) is 47.8 Å². The number of pyridine rings is 1. The average molecular weight is 478 g/mol. The van der Waals surface area contributed by atoms with Gasteiger partial charge in [0, 0.05) is 18.5 Å². The minimum atomic E-state index is -0.348. The first-order chi connectivity index (χ1) is 16.7. The first-order valence-corrected chi connectivity index (χ1v) is 11.9. The number of anilines is 1.